The molecule has 2 aromatic heterocycles. The number of carbonyl (C=O) groups is 1. The summed E-state index contributed by atoms with van der Waals surface area (Å²) in [6, 6.07) is 6.11. The summed E-state index contributed by atoms with van der Waals surface area (Å²) in [5.74, 6) is 0.0136. The number of aromatic nitrogens is 4. The van der Waals surface area contributed by atoms with Crippen molar-refractivity contribution in [3.63, 3.8) is 0 Å². The molecule has 0 aliphatic heterocycles. The van der Waals surface area contributed by atoms with Gasteiger partial charge in [-0.3, -0.25) is 14.2 Å². The highest BCUT2D eigenvalue weighted by molar-refractivity contribution is 6.31. The number of benzene rings is 1. The maximum atomic E-state index is 13.5. The van der Waals surface area contributed by atoms with Crippen LogP contribution in [0.15, 0.2) is 30.5 Å². The van der Waals surface area contributed by atoms with E-state index in [9.17, 15) is 14.3 Å². The number of nitrogens with one attached hydrogen (secondary N) is 1. The second-order valence-corrected chi connectivity index (χ2v) is 10.6. The van der Waals surface area contributed by atoms with Crippen molar-refractivity contribution in [3.8, 4) is 0 Å². The Kier molecular flexibility index (Phi) is 5.88. The first kappa shape index (κ1) is 23.8. The van der Waals surface area contributed by atoms with Crippen LogP contribution >= 0.6 is 11.6 Å². The van der Waals surface area contributed by atoms with Crippen molar-refractivity contribution in [2.24, 2.45) is 18.9 Å². The summed E-state index contributed by atoms with van der Waals surface area (Å²) in [6.45, 7) is 4.12. The molecule has 4 N–H and O–H groups in total. The van der Waals surface area contributed by atoms with Crippen LogP contribution in [0.3, 0.4) is 0 Å². The van der Waals surface area contributed by atoms with Gasteiger partial charge in [0.25, 0.3) is 5.91 Å². The second-order valence-electron chi connectivity index (χ2n) is 10.2. The smallest absolute Gasteiger partial charge is 0.261 e. The van der Waals surface area contributed by atoms with Crippen molar-refractivity contribution in [2.45, 2.75) is 57.1 Å². The molecular formula is C25H30ClFN6O2. The van der Waals surface area contributed by atoms with Gasteiger partial charge in [0.1, 0.15) is 22.8 Å². The first-order valence-corrected chi connectivity index (χ1v) is 12.3. The molecule has 0 spiro atoms. The number of carbonyl (C=O) groups excluding carboxylic acids is 1. The highest BCUT2D eigenvalue weighted by atomic mass is 35.5. The fourth-order valence-electron chi connectivity index (χ4n) is 6.03. The average Bonchev–Trinajstić information content (AvgIpc) is 3.54. The first-order valence-electron chi connectivity index (χ1n) is 11.9. The van der Waals surface area contributed by atoms with Gasteiger partial charge < -0.3 is 16.2 Å². The number of fused-ring (bicyclic) bond motifs is 1. The summed E-state index contributed by atoms with van der Waals surface area (Å²) in [7, 11) is 1.71. The zero-order valence-electron chi connectivity index (χ0n) is 20.0. The summed E-state index contributed by atoms with van der Waals surface area (Å²) in [4.78, 5) is 13.2. The number of nitrogens with two attached hydrogens (primary N) is 1. The number of anilines is 2. The monoisotopic (exact) mass is 500 g/mol. The summed E-state index contributed by atoms with van der Waals surface area (Å²) in [6.07, 6.45) is 4.71. The van der Waals surface area contributed by atoms with Crippen molar-refractivity contribution < 1.29 is 14.3 Å². The van der Waals surface area contributed by atoms with Crippen LogP contribution in [0.25, 0.3) is 0 Å². The van der Waals surface area contributed by atoms with E-state index in [1.165, 1.54) is 22.9 Å². The number of aryl methyl sites for hydroxylation is 1. The van der Waals surface area contributed by atoms with Crippen LogP contribution in [-0.2, 0) is 12.6 Å². The zero-order valence-corrected chi connectivity index (χ0v) is 20.8. The SMILES string of the molecule is CC(C)n1nccc1C1(O)CC2CC(c3nn(C)c(N)c3C(=O)Nc3ccc(F)c(Cl)c3)CC2C1. The van der Waals surface area contributed by atoms with Gasteiger partial charge in [-0.05, 0) is 75.6 Å². The van der Waals surface area contributed by atoms with E-state index in [0.717, 1.165) is 18.5 Å². The molecule has 1 aromatic carbocycles. The molecule has 1 amide bonds. The first-order chi connectivity index (χ1) is 16.6. The van der Waals surface area contributed by atoms with Crippen molar-refractivity contribution in [2.75, 3.05) is 11.1 Å². The van der Waals surface area contributed by atoms with E-state index in [0.29, 0.717) is 41.6 Å². The molecule has 0 bridgehead atoms. The Hall–Kier alpha value is -2.91. The second kappa shape index (κ2) is 8.64. The number of halogens is 2. The van der Waals surface area contributed by atoms with Crippen molar-refractivity contribution in [1.29, 1.82) is 0 Å². The number of aliphatic hydroxyl groups is 1. The van der Waals surface area contributed by atoms with Gasteiger partial charge >= 0.3 is 0 Å². The van der Waals surface area contributed by atoms with E-state index in [2.05, 4.69) is 29.4 Å². The molecule has 35 heavy (non-hydrogen) atoms. The molecule has 8 nitrogen and oxygen atoms in total. The van der Waals surface area contributed by atoms with Crippen LogP contribution in [0.2, 0.25) is 5.02 Å². The van der Waals surface area contributed by atoms with Gasteiger partial charge in [0.05, 0.1) is 16.4 Å². The Morgan fingerprint density at radius 1 is 1.29 bits per heavy atom. The van der Waals surface area contributed by atoms with Crippen LogP contribution < -0.4 is 11.1 Å². The number of nitrogens with zero attached hydrogens (tertiary/aromatic N) is 4. The van der Waals surface area contributed by atoms with Gasteiger partial charge in [0.2, 0.25) is 0 Å². The topological polar surface area (TPSA) is 111 Å². The molecule has 186 valence electrons. The largest absolute Gasteiger partial charge is 0.384 e. The van der Waals surface area contributed by atoms with E-state index < -0.39 is 17.3 Å². The van der Waals surface area contributed by atoms with Crippen LogP contribution in [-0.4, -0.2) is 30.6 Å². The fraction of sp³-hybridized carbons (Fsp3) is 0.480. The van der Waals surface area contributed by atoms with Crippen LogP contribution in [0.4, 0.5) is 15.9 Å². The average molecular weight is 501 g/mol. The highest BCUT2D eigenvalue weighted by Gasteiger charge is 2.51. The predicted octanol–water partition coefficient (Wildman–Crippen LogP) is 4.62. The van der Waals surface area contributed by atoms with Crippen LogP contribution in [0, 0.1) is 17.7 Å². The molecule has 2 aliphatic rings. The third kappa shape index (κ3) is 4.10. The maximum Gasteiger partial charge on any atom is 0.261 e. The summed E-state index contributed by atoms with van der Waals surface area (Å²) in [5.41, 5.74) is 7.62. The van der Waals surface area contributed by atoms with Gasteiger partial charge in [-0.1, -0.05) is 11.6 Å². The standard InChI is InChI=1S/C25H30ClFN6O2/c1-13(2)33-20(6-7-29-33)25(35)11-15-8-14(9-16(15)12-25)22-21(23(28)32(3)31-22)24(34)30-17-4-5-19(27)18(26)10-17/h4-7,10,13-16,35H,8-9,11-12,28H2,1-3H3,(H,30,34). The predicted molar refractivity (Wildman–Crippen MR) is 132 cm³/mol. The van der Waals surface area contributed by atoms with Gasteiger partial charge in [0.15, 0.2) is 0 Å². The van der Waals surface area contributed by atoms with Gasteiger partial charge in [0, 0.05) is 30.9 Å². The van der Waals surface area contributed by atoms with Crippen LogP contribution in [0.5, 0.6) is 0 Å². The lowest BCUT2D eigenvalue weighted by Gasteiger charge is -2.27. The third-order valence-corrected chi connectivity index (χ3v) is 7.88. The molecule has 10 heteroatoms. The van der Waals surface area contributed by atoms with Crippen molar-refractivity contribution in [1.82, 2.24) is 19.6 Å². The Morgan fingerprint density at radius 3 is 2.60 bits per heavy atom. The number of hydrogen-bond donors (Lipinski definition) is 3. The van der Waals surface area contributed by atoms with E-state index in [1.807, 2.05) is 10.7 Å². The van der Waals surface area contributed by atoms with Gasteiger partial charge in [-0.2, -0.15) is 10.2 Å². The molecule has 3 aromatic rings. The minimum Gasteiger partial charge on any atom is -0.384 e. The lowest BCUT2D eigenvalue weighted by Crippen LogP contribution is -2.28. The Bertz CT molecular complexity index is 1270. The lowest BCUT2D eigenvalue weighted by molar-refractivity contribution is 0.0242. The van der Waals surface area contributed by atoms with E-state index in [-0.39, 0.29) is 22.8 Å². The van der Waals surface area contributed by atoms with Gasteiger partial charge in [-0.15, -0.1) is 0 Å². The zero-order chi connectivity index (χ0) is 25.1. The van der Waals surface area contributed by atoms with E-state index >= 15 is 0 Å². The normalized spacial score (nSPS) is 25.9. The van der Waals surface area contributed by atoms with E-state index in [1.54, 1.807) is 13.2 Å². The summed E-state index contributed by atoms with van der Waals surface area (Å²) in [5, 5.41) is 23.2. The number of hydrogen-bond acceptors (Lipinski definition) is 5. The molecule has 2 heterocycles. The van der Waals surface area contributed by atoms with E-state index in [4.69, 9.17) is 17.3 Å². The Labute approximate surface area is 208 Å². The minimum atomic E-state index is -0.897. The van der Waals surface area contributed by atoms with Crippen molar-refractivity contribution in [3.05, 3.63) is 58.3 Å². The quantitative estimate of drug-likeness (QED) is 0.473. The molecular weight excluding hydrogens is 471 g/mol. The molecule has 0 saturated heterocycles. The molecule has 2 fully saturated rings. The summed E-state index contributed by atoms with van der Waals surface area (Å²) >= 11 is 5.86. The van der Waals surface area contributed by atoms with Gasteiger partial charge in [-0.25, -0.2) is 4.39 Å². The molecule has 2 saturated carbocycles. The number of rotatable bonds is 5. The minimum absolute atomic E-state index is 0.0608. The van der Waals surface area contributed by atoms with Crippen molar-refractivity contribution >= 4 is 29.0 Å². The summed E-state index contributed by atoms with van der Waals surface area (Å²) < 4.78 is 16.9. The number of nitrogen functional groups attached to an aromatic ring is 1. The maximum absolute atomic E-state index is 13.5. The lowest BCUT2D eigenvalue weighted by atomic mass is 9.89. The van der Waals surface area contributed by atoms with Crippen LogP contribution in [0.1, 0.15) is 73.2 Å². The molecule has 2 unspecified atom stereocenters. The molecule has 2 atom stereocenters. The molecule has 0 radical (unpaired) electrons. The third-order valence-electron chi connectivity index (χ3n) is 7.59. The highest BCUT2D eigenvalue weighted by Crippen LogP contribution is 2.57. The molecule has 5 rings (SSSR count). The Balaban J connectivity index is 1.36. The fourth-order valence-corrected chi connectivity index (χ4v) is 6.21. The number of amides is 1. The molecule has 2 aliphatic carbocycles. The Morgan fingerprint density at radius 2 is 1.97 bits per heavy atom.